The van der Waals surface area contributed by atoms with Crippen LogP contribution in [0.3, 0.4) is 0 Å². The van der Waals surface area contributed by atoms with E-state index < -0.39 is 0 Å². The van der Waals surface area contributed by atoms with Crippen LogP contribution >= 0.6 is 0 Å². The minimum atomic E-state index is 0.323. The third-order valence-electron chi connectivity index (χ3n) is 4.84. The van der Waals surface area contributed by atoms with Crippen LogP contribution in [0, 0.1) is 11.8 Å². The highest BCUT2D eigenvalue weighted by Gasteiger charge is 2.27. The fourth-order valence-corrected chi connectivity index (χ4v) is 3.44. The number of hydrazine groups is 1. The van der Waals surface area contributed by atoms with Gasteiger partial charge in [-0.2, -0.15) is 0 Å². The van der Waals surface area contributed by atoms with Gasteiger partial charge in [-0.3, -0.25) is 11.3 Å². The van der Waals surface area contributed by atoms with E-state index in [1.54, 1.807) is 0 Å². The Morgan fingerprint density at radius 3 is 2.53 bits per heavy atom. The van der Waals surface area contributed by atoms with Crippen molar-refractivity contribution in [1.29, 1.82) is 0 Å². The highest BCUT2D eigenvalue weighted by Crippen LogP contribution is 2.37. The number of benzene rings is 1. The molecule has 0 aromatic heterocycles. The summed E-state index contributed by atoms with van der Waals surface area (Å²) in [4.78, 5) is 0. The van der Waals surface area contributed by atoms with Crippen molar-refractivity contribution in [3.05, 3.63) is 35.4 Å². The standard InChI is InChI=1S/C17H28N2/c1-3-13-8-10-15(11-9-13)17(19-18)16-7-5-6-14(4-2)12-16/h5-7,12-13,15,17,19H,3-4,8-11,18H2,1-2H3. The molecule has 1 aromatic rings. The summed E-state index contributed by atoms with van der Waals surface area (Å²) in [5.74, 6) is 7.48. The molecule has 3 N–H and O–H groups in total. The van der Waals surface area contributed by atoms with Crippen molar-refractivity contribution in [2.45, 2.75) is 58.4 Å². The summed E-state index contributed by atoms with van der Waals surface area (Å²) in [5.41, 5.74) is 5.84. The molecule has 0 aliphatic heterocycles. The molecule has 1 aromatic carbocycles. The van der Waals surface area contributed by atoms with Crippen LogP contribution in [-0.2, 0) is 6.42 Å². The summed E-state index contributed by atoms with van der Waals surface area (Å²) in [6, 6.07) is 9.22. The van der Waals surface area contributed by atoms with Gasteiger partial charge >= 0.3 is 0 Å². The molecule has 0 heterocycles. The molecule has 106 valence electrons. The first-order valence-corrected chi connectivity index (χ1v) is 7.83. The Hall–Kier alpha value is -0.860. The van der Waals surface area contributed by atoms with E-state index in [9.17, 15) is 0 Å². The average Bonchev–Trinajstić information content (AvgIpc) is 2.49. The van der Waals surface area contributed by atoms with Gasteiger partial charge in [-0.1, -0.05) is 57.4 Å². The van der Waals surface area contributed by atoms with E-state index in [2.05, 4.69) is 43.5 Å². The molecule has 0 bridgehead atoms. The van der Waals surface area contributed by atoms with Gasteiger partial charge in [-0.05, 0) is 42.2 Å². The monoisotopic (exact) mass is 260 g/mol. The molecule has 1 saturated carbocycles. The van der Waals surface area contributed by atoms with Gasteiger partial charge in [0.25, 0.3) is 0 Å². The highest BCUT2D eigenvalue weighted by molar-refractivity contribution is 5.26. The largest absolute Gasteiger partial charge is 0.271 e. The summed E-state index contributed by atoms with van der Waals surface area (Å²) < 4.78 is 0. The second kappa shape index (κ2) is 7.06. The molecule has 1 atom stereocenters. The molecule has 2 rings (SSSR count). The van der Waals surface area contributed by atoms with Crippen LogP contribution in [0.25, 0.3) is 0 Å². The summed E-state index contributed by atoms with van der Waals surface area (Å²) >= 11 is 0. The average molecular weight is 260 g/mol. The molecule has 2 heteroatoms. The second-order valence-electron chi connectivity index (χ2n) is 5.93. The molecule has 0 amide bonds. The Labute approximate surface area is 117 Å². The van der Waals surface area contributed by atoms with E-state index in [1.165, 1.54) is 43.2 Å². The molecule has 19 heavy (non-hydrogen) atoms. The number of hydrogen-bond donors (Lipinski definition) is 2. The van der Waals surface area contributed by atoms with E-state index in [1.807, 2.05) is 0 Å². The summed E-state index contributed by atoms with van der Waals surface area (Å²) in [6.45, 7) is 4.52. The topological polar surface area (TPSA) is 38.0 Å². The lowest BCUT2D eigenvalue weighted by Gasteiger charge is -2.33. The predicted molar refractivity (Wildman–Crippen MR) is 81.6 cm³/mol. The Morgan fingerprint density at radius 1 is 1.21 bits per heavy atom. The Bertz CT molecular complexity index is 381. The van der Waals surface area contributed by atoms with Crippen molar-refractivity contribution in [2.75, 3.05) is 0 Å². The zero-order chi connectivity index (χ0) is 13.7. The Kier molecular flexibility index (Phi) is 5.41. The van der Waals surface area contributed by atoms with Crippen LogP contribution in [0.2, 0.25) is 0 Å². The molecular weight excluding hydrogens is 232 g/mol. The van der Waals surface area contributed by atoms with Gasteiger partial charge in [-0.15, -0.1) is 0 Å². The SMILES string of the molecule is CCc1cccc(C(NN)C2CCC(CC)CC2)c1. The summed E-state index contributed by atoms with van der Waals surface area (Å²) in [6.07, 6.45) is 7.78. The zero-order valence-corrected chi connectivity index (χ0v) is 12.4. The minimum Gasteiger partial charge on any atom is -0.271 e. The highest BCUT2D eigenvalue weighted by atomic mass is 15.2. The normalized spacial score (nSPS) is 25.2. The molecule has 1 fully saturated rings. The van der Waals surface area contributed by atoms with Crippen LogP contribution in [0.1, 0.15) is 63.1 Å². The lowest BCUT2D eigenvalue weighted by atomic mass is 9.76. The van der Waals surface area contributed by atoms with Gasteiger partial charge in [0.15, 0.2) is 0 Å². The summed E-state index contributed by atoms with van der Waals surface area (Å²) in [7, 11) is 0. The second-order valence-corrected chi connectivity index (χ2v) is 5.93. The minimum absolute atomic E-state index is 0.323. The molecule has 0 saturated heterocycles. The molecular formula is C17H28N2. The Morgan fingerprint density at radius 2 is 1.95 bits per heavy atom. The lowest BCUT2D eigenvalue weighted by molar-refractivity contribution is 0.219. The van der Waals surface area contributed by atoms with Gasteiger partial charge in [0, 0.05) is 6.04 Å². The van der Waals surface area contributed by atoms with E-state index in [-0.39, 0.29) is 0 Å². The van der Waals surface area contributed by atoms with Crippen LogP contribution in [-0.4, -0.2) is 0 Å². The maximum Gasteiger partial charge on any atom is 0.0488 e. The van der Waals surface area contributed by atoms with Gasteiger partial charge in [0.05, 0.1) is 0 Å². The third kappa shape index (κ3) is 3.58. The third-order valence-corrected chi connectivity index (χ3v) is 4.84. The van der Waals surface area contributed by atoms with E-state index in [0.717, 1.165) is 12.3 Å². The molecule has 1 unspecified atom stereocenters. The van der Waals surface area contributed by atoms with Gasteiger partial charge in [0.2, 0.25) is 0 Å². The van der Waals surface area contributed by atoms with Crippen molar-refractivity contribution in [1.82, 2.24) is 5.43 Å². The number of nitrogens with one attached hydrogen (secondary N) is 1. The lowest BCUT2D eigenvalue weighted by Crippen LogP contribution is -2.35. The number of nitrogens with two attached hydrogens (primary N) is 1. The summed E-state index contributed by atoms with van der Waals surface area (Å²) in [5, 5.41) is 0. The Balaban J connectivity index is 2.07. The first-order valence-electron chi connectivity index (χ1n) is 7.83. The van der Waals surface area contributed by atoms with Crippen LogP contribution in [0.5, 0.6) is 0 Å². The molecule has 2 nitrogen and oxygen atoms in total. The first kappa shape index (κ1) is 14.5. The fourth-order valence-electron chi connectivity index (χ4n) is 3.44. The molecule has 1 aliphatic carbocycles. The molecule has 1 aliphatic rings. The first-order chi connectivity index (χ1) is 9.28. The van der Waals surface area contributed by atoms with Crippen molar-refractivity contribution in [3.63, 3.8) is 0 Å². The van der Waals surface area contributed by atoms with E-state index in [4.69, 9.17) is 5.84 Å². The fraction of sp³-hybridized carbons (Fsp3) is 0.647. The number of hydrogen-bond acceptors (Lipinski definition) is 2. The zero-order valence-electron chi connectivity index (χ0n) is 12.4. The van der Waals surface area contributed by atoms with Crippen LogP contribution in [0.4, 0.5) is 0 Å². The van der Waals surface area contributed by atoms with E-state index >= 15 is 0 Å². The molecule has 0 spiro atoms. The van der Waals surface area contributed by atoms with Crippen LogP contribution in [0.15, 0.2) is 24.3 Å². The molecule has 0 radical (unpaired) electrons. The van der Waals surface area contributed by atoms with Crippen molar-refractivity contribution < 1.29 is 0 Å². The van der Waals surface area contributed by atoms with Crippen molar-refractivity contribution in [2.24, 2.45) is 17.7 Å². The predicted octanol–water partition coefficient (Wildman–Crippen LogP) is 3.97. The van der Waals surface area contributed by atoms with Gasteiger partial charge in [0.1, 0.15) is 0 Å². The number of rotatable bonds is 5. The number of aryl methyl sites for hydroxylation is 1. The van der Waals surface area contributed by atoms with E-state index in [0.29, 0.717) is 12.0 Å². The van der Waals surface area contributed by atoms with Crippen LogP contribution < -0.4 is 11.3 Å². The quantitative estimate of drug-likeness (QED) is 0.621. The van der Waals surface area contributed by atoms with Gasteiger partial charge in [-0.25, -0.2) is 0 Å². The van der Waals surface area contributed by atoms with Crippen molar-refractivity contribution in [3.8, 4) is 0 Å². The maximum atomic E-state index is 5.84. The van der Waals surface area contributed by atoms with Crippen molar-refractivity contribution >= 4 is 0 Å². The smallest absolute Gasteiger partial charge is 0.0488 e. The maximum absolute atomic E-state index is 5.84. The van der Waals surface area contributed by atoms with Gasteiger partial charge < -0.3 is 0 Å².